The molecule has 6 N–H and O–H groups in total. The molecule has 3 aromatic rings. The van der Waals surface area contributed by atoms with Crippen LogP contribution < -0.4 is 27.0 Å². The Hall–Kier alpha value is -4.48. The van der Waals surface area contributed by atoms with Gasteiger partial charge >= 0.3 is 0 Å². The smallest absolute Gasteiger partial charge is 0.239 e. The summed E-state index contributed by atoms with van der Waals surface area (Å²) >= 11 is 0. The van der Waals surface area contributed by atoms with Crippen LogP contribution in [0.1, 0.15) is 90.8 Å². The quantitative estimate of drug-likeness (QED) is 0.0801. The fourth-order valence-electron chi connectivity index (χ4n) is 5.46. The van der Waals surface area contributed by atoms with Gasteiger partial charge in [0, 0.05) is 50.0 Å². The van der Waals surface area contributed by atoms with E-state index >= 15 is 0 Å². The van der Waals surface area contributed by atoms with E-state index in [9.17, 15) is 19.2 Å². The Bertz CT molecular complexity index is 1520. The summed E-state index contributed by atoms with van der Waals surface area (Å²) in [6.07, 6.45) is 10.5. The van der Waals surface area contributed by atoms with E-state index in [0.717, 1.165) is 97.7 Å². The van der Waals surface area contributed by atoms with Gasteiger partial charge in [0.1, 0.15) is 17.6 Å². The van der Waals surface area contributed by atoms with Crippen LogP contribution in [0.15, 0.2) is 36.0 Å². The van der Waals surface area contributed by atoms with E-state index in [1.807, 2.05) is 38.1 Å². The monoisotopic (exact) mass is 648 g/mol. The molecule has 0 bridgehead atoms. The number of imidazole rings is 1. The van der Waals surface area contributed by atoms with Crippen LogP contribution in [0.5, 0.6) is 0 Å². The van der Waals surface area contributed by atoms with Crippen LogP contribution in [0, 0.1) is 0 Å². The number of nitrogens with one attached hydrogen (secondary N) is 4. The zero-order chi connectivity index (χ0) is 34.0. The van der Waals surface area contributed by atoms with Crippen molar-refractivity contribution in [2.45, 2.75) is 104 Å². The topological polar surface area (TPSA) is 173 Å². The van der Waals surface area contributed by atoms with Crippen molar-refractivity contribution < 1.29 is 19.2 Å². The molecule has 0 saturated heterocycles. The van der Waals surface area contributed by atoms with Crippen LogP contribution in [0.2, 0.25) is 0 Å². The molecule has 2 heterocycles. The van der Waals surface area contributed by atoms with Crippen molar-refractivity contribution in [1.29, 1.82) is 0 Å². The van der Waals surface area contributed by atoms with Crippen molar-refractivity contribution in [3.63, 3.8) is 0 Å². The second-order valence-electron chi connectivity index (χ2n) is 11.7. The highest BCUT2D eigenvalue weighted by Gasteiger charge is 2.17. The summed E-state index contributed by atoms with van der Waals surface area (Å²) < 4.78 is 2.25. The summed E-state index contributed by atoms with van der Waals surface area (Å²) in [6, 6.07) is 7.72. The van der Waals surface area contributed by atoms with Crippen LogP contribution in [0.25, 0.3) is 21.9 Å². The fraction of sp³-hybridized carbons (Fsp3) is 0.543. The van der Waals surface area contributed by atoms with Crippen molar-refractivity contribution >= 4 is 51.8 Å². The van der Waals surface area contributed by atoms with Gasteiger partial charge < -0.3 is 36.4 Å². The number of hydrogen-bond donors (Lipinski definition) is 5. The lowest BCUT2D eigenvalue weighted by atomic mass is 10.1. The van der Waals surface area contributed by atoms with Gasteiger partial charge in [0.05, 0.1) is 23.6 Å². The van der Waals surface area contributed by atoms with Crippen LogP contribution in [-0.4, -0.2) is 64.2 Å². The highest BCUT2D eigenvalue weighted by molar-refractivity contribution is 6.06. The molecule has 0 spiro atoms. The van der Waals surface area contributed by atoms with Crippen LogP contribution in [-0.2, 0) is 32.1 Å². The normalized spacial score (nSPS) is 12.2. The SMILES string of the molecule is CC=C(CC)NC(C=O)CCCCNC(=O)CNC(=O)CCC(=O)NCCCCn1c(CCCC)nc2c(N)nc3ccccc3c21. The zero-order valence-corrected chi connectivity index (χ0v) is 28.2. The molecule has 0 fully saturated rings. The molecule has 0 saturated carbocycles. The minimum absolute atomic E-state index is 0.00942. The molecule has 0 radical (unpaired) electrons. The number of rotatable bonds is 22. The van der Waals surface area contributed by atoms with E-state index in [2.05, 4.69) is 43.8 Å². The molecule has 12 nitrogen and oxygen atoms in total. The Labute approximate surface area is 277 Å². The number of anilines is 1. The Balaban J connectivity index is 1.32. The third kappa shape index (κ3) is 11.7. The molecule has 0 aliphatic carbocycles. The number of para-hydroxylation sites is 1. The Morgan fingerprint density at radius 2 is 1.62 bits per heavy atom. The number of allylic oxidation sites excluding steroid dienone is 2. The van der Waals surface area contributed by atoms with Crippen molar-refractivity contribution in [3.8, 4) is 0 Å². The summed E-state index contributed by atoms with van der Waals surface area (Å²) in [5.74, 6) is 0.604. The molecule has 12 heteroatoms. The summed E-state index contributed by atoms with van der Waals surface area (Å²) in [5.41, 5.74) is 9.92. The number of fused-ring (bicyclic) bond motifs is 3. The summed E-state index contributed by atoms with van der Waals surface area (Å²) in [6.45, 7) is 7.70. The predicted octanol–water partition coefficient (Wildman–Crippen LogP) is 4.06. The third-order valence-corrected chi connectivity index (χ3v) is 8.13. The van der Waals surface area contributed by atoms with Crippen molar-refractivity contribution in [2.24, 2.45) is 0 Å². The van der Waals surface area contributed by atoms with E-state index < -0.39 is 0 Å². The summed E-state index contributed by atoms with van der Waals surface area (Å²) in [4.78, 5) is 57.3. The van der Waals surface area contributed by atoms with E-state index in [0.29, 0.717) is 25.3 Å². The van der Waals surface area contributed by atoms with E-state index in [1.54, 1.807) is 0 Å². The second kappa shape index (κ2) is 19.9. The van der Waals surface area contributed by atoms with Crippen molar-refractivity contribution in [1.82, 2.24) is 35.8 Å². The number of hydrogen-bond acceptors (Lipinski definition) is 8. The molecular formula is C35H52N8O4. The highest BCUT2D eigenvalue weighted by Crippen LogP contribution is 2.29. The van der Waals surface area contributed by atoms with Crippen molar-refractivity contribution in [3.05, 3.63) is 41.9 Å². The van der Waals surface area contributed by atoms with E-state index in [1.165, 1.54) is 0 Å². The first kappa shape index (κ1) is 37.0. The minimum Gasteiger partial charge on any atom is -0.382 e. The van der Waals surface area contributed by atoms with Gasteiger partial charge in [-0.05, 0) is 57.9 Å². The number of benzene rings is 1. The standard InChI is InChI=1S/C35H52N8O4/c1-4-7-17-29-42-33-34(27-15-8-9-16-28(27)41-35(33)36)43(29)22-13-12-21-37-30(45)18-19-31(46)39-23-32(47)38-20-11-10-14-26(24-44)40-25(5-2)6-3/h5,8-9,15-16,24,26,40H,4,6-7,10-14,17-23H2,1-3H3,(H2,36,41)(H,37,45)(H,38,47)(H,39,46). The Kier molecular flexibility index (Phi) is 15.7. The second-order valence-corrected chi connectivity index (χ2v) is 11.7. The fourth-order valence-corrected chi connectivity index (χ4v) is 5.46. The van der Waals surface area contributed by atoms with Gasteiger partial charge in [-0.25, -0.2) is 9.97 Å². The third-order valence-electron chi connectivity index (χ3n) is 8.13. The highest BCUT2D eigenvalue weighted by atomic mass is 16.2. The number of aldehydes is 1. The number of aryl methyl sites for hydroxylation is 2. The number of nitrogens with zero attached hydrogens (tertiary/aromatic N) is 3. The molecule has 0 aliphatic heterocycles. The lowest BCUT2D eigenvalue weighted by Gasteiger charge is -2.15. The maximum Gasteiger partial charge on any atom is 0.239 e. The first-order chi connectivity index (χ1) is 22.8. The van der Waals surface area contributed by atoms with Gasteiger partial charge in [-0.3, -0.25) is 14.4 Å². The van der Waals surface area contributed by atoms with Gasteiger partial charge in [-0.15, -0.1) is 0 Å². The molecule has 3 amide bonds. The molecule has 1 atom stereocenters. The minimum atomic E-state index is -0.349. The van der Waals surface area contributed by atoms with Crippen LogP contribution in [0.3, 0.4) is 0 Å². The van der Waals surface area contributed by atoms with Crippen molar-refractivity contribution in [2.75, 3.05) is 25.4 Å². The zero-order valence-electron chi connectivity index (χ0n) is 28.2. The van der Waals surface area contributed by atoms with Crippen LogP contribution >= 0.6 is 0 Å². The maximum absolute atomic E-state index is 12.3. The number of carbonyl (C=O) groups is 4. The van der Waals surface area contributed by atoms with Gasteiger partial charge in [-0.2, -0.15) is 0 Å². The summed E-state index contributed by atoms with van der Waals surface area (Å²) in [5, 5.41) is 12.5. The number of carbonyl (C=O) groups excluding carboxylic acids is 4. The average Bonchev–Trinajstić information content (AvgIpc) is 3.45. The Morgan fingerprint density at radius 1 is 0.915 bits per heavy atom. The first-order valence-corrected chi connectivity index (χ1v) is 17.0. The molecule has 1 aromatic carbocycles. The number of aromatic nitrogens is 3. The first-order valence-electron chi connectivity index (χ1n) is 17.0. The number of nitrogens with two attached hydrogens (primary N) is 1. The number of pyridine rings is 1. The maximum atomic E-state index is 12.3. The number of amides is 3. The molecule has 47 heavy (non-hydrogen) atoms. The van der Waals surface area contributed by atoms with E-state index in [-0.39, 0.29) is 43.1 Å². The Morgan fingerprint density at radius 3 is 2.32 bits per heavy atom. The number of nitrogen functional groups attached to an aromatic ring is 1. The largest absolute Gasteiger partial charge is 0.382 e. The number of unbranched alkanes of at least 4 members (excludes halogenated alkanes) is 3. The van der Waals surface area contributed by atoms with Gasteiger partial charge in [0.25, 0.3) is 0 Å². The van der Waals surface area contributed by atoms with Gasteiger partial charge in [-0.1, -0.05) is 44.5 Å². The lowest BCUT2D eigenvalue weighted by molar-refractivity contribution is -0.128. The predicted molar refractivity (Wildman–Crippen MR) is 186 cm³/mol. The molecule has 0 aliphatic rings. The lowest BCUT2D eigenvalue weighted by Crippen LogP contribution is -2.37. The molecule has 1 unspecified atom stereocenters. The van der Waals surface area contributed by atoms with Crippen LogP contribution in [0.4, 0.5) is 5.82 Å². The van der Waals surface area contributed by atoms with Gasteiger partial charge in [0.2, 0.25) is 17.7 Å². The van der Waals surface area contributed by atoms with Gasteiger partial charge in [0.15, 0.2) is 5.82 Å². The molecule has 256 valence electrons. The van der Waals surface area contributed by atoms with E-state index in [4.69, 9.17) is 10.7 Å². The molecular weight excluding hydrogens is 596 g/mol. The molecule has 2 aromatic heterocycles. The molecule has 3 rings (SSSR count). The average molecular weight is 649 g/mol. The summed E-state index contributed by atoms with van der Waals surface area (Å²) in [7, 11) is 0.